The maximum absolute atomic E-state index is 10.7. The van der Waals surface area contributed by atoms with E-state index in [9.17, 15) is 4.79 Å². The van der Waals surface area contributed by atoms with Gasteiger partial charge in [-0.25, -0.2) is 4.79 Å². The van der Waals surface area contributed by atoms with Gasteiger partial charge in [0.15, 0.2) is 0 Å². The summed E-state index contributed by atoms with van der Waals surface area (Å²) in [5.41, 5.74) is 1.19. The first kappa shape index (κ1) is 12.3. The van der Waals surface area contributed by atoms with Gasteiger partial charge >= 0.3 is 6.09 Å². The van der Waals surface area contributed by atoms with Crippen molar-refractivity contribution < 1.29 is 9.90 Å². The molecule has 1 N–H and O–H groups in total. The number of hydrogen-bond donors (Lipinski definition) is 1. The van der Waals surface area contributed by atoms with E-state index in [1.54, 1.807) is 36.4 Å². The molecule has 0 aliphatic rings. The largest absolute Gasteiger partial charge is 0.465 e. The topological polar surface area (TPSA) is 88.1 Å². The third-order valence-electron chi connectivity index (χ3n) is 2.12. The molecule has 0 saturated carbocycles. The first-order chi connectivity index (χ1) is 8.08. The highest BCUT2D eigenvalue weighted by molar-refractivity contribution is 5.85. The molecule has 1 aromatic carbocycles. The maximum Gasteiger partial charge on any atom is 0.411 e. The van der Waals surface area contributed by atoms with Crippen LogP contribution < -0.4 is 4.90 Å². The van der Waals surface area contributed by atoms with Crippen LogP contribution in [0.5, 0.6) is 0 Å². The predicted molar refractivity (Wildman–Crippen MR) is 62.1 cm³/mol. The number of nitriles is 2. The first-order valence-corrected chi connectivity index (χ1v) is 4.67. The number of nitrogens with zero attached hydrogens (tertiary/aromatic N) is 3. The van der Waals surface area contributed by atoms with Crippen molar-refractivity contribution in [1.29, 1.82) is 10.5 Å². The first-order valence-electron chi connectivity index (χ1n) is 4.67. The summed E-state index contributed by atoms with van der Waals surface area (Å²) in [4.78, 5) is 11.8. The van der Waals surface area contributed by atoms with Crippen LogP contribution in [0.15, 0.2) is 29.8 Å². The van der Waals surface area contributed by atoms with Crippen molar-refractivity contribution in [3.8, 4) is 12.1 Å². The molecule has 0 unspecified atom stereocenters. The van der Waals surface area contributed by atoms with Gasteiger partial charge in [-0.2, -0.15) is 10.5 Å². The Labute approximate surface area is 98.4 Å². The van der Waals surface area contributed by atoms with Crippen molar-refractivity contribution in [2.75, 3.05) is 11.9 Å². The van der Waals surface area contributed by atoms with Crippen LogP contribution in [0.2, 0.25) is 0 Å². The molecule has 0 aliphatic heterocycles. The zero-order valence-electron chi connectivity index (χ0n) is 9.08. The molecular formula is C12H9N3O2. The molecule has 0 saturated heterocycles. The van der Waals surface area contributed by atoms with Crippen LogP contribution in [0.3, 0.4) is 0 Å². The van der Waals surface area contributed by atoms with E-state index in [4.69, 9.17) is 15.6 Å². The Morgan fingerprint density at radius 2 is 1.82 bits per heavy atom. The minimum absolute atomic E-state index is 0.00402. The average molecular weight is 227 g/mol. The molecule has 0 radical (unpaired) electrons. The number of amides is 1. The van der Waals surface area contributed by atoms with Gasteiger partial charge < -0.3 is 5.11 Å². The highest BCUT2D eigenvalue weighted by Gasteiger charge is 2.07. The number of carboxylic acid groups (broad SMARTS) is 1. The summed E-state index contributed by atoms with van der Waals surface area (Å²) in [5.74, 6) is 0. The molecule has 0 aromatic heterocycles. The van der Waals surface area contributed by atoms with Crippen LogP contribution in [-0.2, 0) is 0 Å². The zero-order valence-corrected chi connectivity index (χ0v) is 9.08. The Morgan fingerprint density at radius 1 is 1.29 bits per heavy atom. The van der Waals surface area contributed by atoms with E-state index in [1.165, 1.54) is 13.1 Å². The molecule has 0 bridgehead atoms. The van der Waals surface area contributed by atoms with Crippen molar-refractivity contribution >= 4 is 17.9 Å². The summed E-state index contributed by atoms with van der Waals surface area (Å²) in [6.07, 6.45) is 0.382. The molecule has 1 aromatic rings. The lowest BCUT2D eigenvalue weighted by Gasteiger charge is -2.12. The molecule has 1 rings (SSSR count). The van der Waals surface area contributed by atoms with Crippen LogP contribution in [0, 0.1) is 22.7 Å². The Bertz CT molecular complexity index is 516. The Balaban J connectivity index is 2.98. The third-order valence-corrected chi connectivity index (χ3v) is 2.12. The summed E-state index contributed by atoms with van der Waals surface area (Å²) >= 11 is 0. The normalized spacial score (nSPS) is 8.65. The number of rotatable bonds is 2. The van der Waals surface area contributed by atoms with Gasteiger partial charge in [-0.3, -0.25) is 4.90 Å². The fourth-order valence-corrected chi connectivity index (χ4v) is 1.16. The molecule has 0 spiro atoms. The fraction of sp³-hybridized carbons (Fsp3) is 0.0833. The summed E-state index contributed by atoms with van der Waals surface area (Å²) in [6, 6.07) is 9.99. The number of carbonyl (C=O) groups is 1. The molecule has 0 fully saturated rings. The number of hydrogen-bond acceptors (Lipinski definition) is 3. The van der Waals surface area contributed by atoms with E-state index in [0.717, 1.165) is 4.90 Å². The molecule has 17 heavy (non-hydrogen) atoms. The maximum atomic E-state index is 10.7. The molecule has 0 atom stereocenters. The second-order valence-corrected chi connectivity index (χ2v) is 3.21. The van der Waals surface area contributed by atoms with Crippen LogP contribution in [0.25, 0.3) is 6.08 Å². The molecule has 5 heteroatoms. The lowest BCUT2D eigenvalue weighted by molar-refractivity contribution is 0.203. The van der Waals surface area contributed by atoms with Gasteiger partial charge in [0.05, 0.1) is 0 Å². The highest BCUT2D eigenvalue weighted by Crippen LogP contribution is 2.15. The molecule has 5 nitrogen and oxygen atoms in total. The summed E-state index contributed by atoms with van der Waals surface area (Å²) in [5, 5.41) is 25.9. The predicted octanol–water partition coefficient (Wildman–Crippen LogP) is 2.23. The van der Waals surface area contributed by atoms with Crippen molar-refractivity contribution in [3.63, 3.8) is 0 Å². The standard InChI is InChI=1S/C12H9N3O2/c1-15(12(16)17)11-4-2-9(3-5-11)6-10(7-13)8-14/h2-6H,1H3,(H,16,17). The minimum Gasteiger partial charge on any atom is -0.465 e. The van der Waals surface area contributed by atoms with E-state index >= 15 is 0 Å². The molecule has 1 amide bonds. The van der Waals surface area contributed by atoms with Crippen LogP contribution >= 0.6 is 0 Å². The quantitative estimate of drug-likeness (QED) is 0.784. The van der Waals surface area contributed by atoms with E-state index in [0.29, 0.717) is 11.3 Å². The van der Waals surface area contributed by atoms with Gasteiger partial charge in [-0.15, -0.1) is 0 Å². The SMILES string of the molecule is CN(C(=O)O)c1ccc(C=C(C#N)C#N)cc1. The Hall–Kier alpha value is -2.79. The van der Waals surface area contributed by atoms with Gasteiger partial charge in [0.25, 0.3) is 0 Å². The number of anilines is 1. The second-order valence-electron chi connectivity index (χ2n) is 3.21. The summed E-state index contributed by atoms with van der Waals surface area (Å²) in [6.45, 7) is 0. The molecule has 0 heterocycles. The van der Waals surface area contributed by atoms with Gasteiger partial charge in [-0.1, -0.05) is 12.1 Å². The Morgan fingerprint density at radius 3 is 2.24 bits per heavy atom. The van der Waals surface area contributed by atoms with Gasteiger partial charge in [0.2, 0.25) is 0 Å². The zero-order chi connectivity index (χ0) is 12.8. The van der Waals surface area contributed by atoms with Crippen LogP contribution in [0.1, 0.15) is 5.56 Å². The molecule has 0 aliphatic carbocycles. The third kappa shape index (κ3) is 3.08. The average Bonchev–Trinajstić information content (AvgIpc) is 2.35. The van der Waals surface area contributed by atoms with Gasteiger partial charge in [0.1, 0.15) is 17.7 Å². The summed E-state index contributed by atoms with van der Waals surface area (Å²) < 4.78 is 0. The smallest absolute Gasteiger partial charge is 0.411 e. The van der Waals surface area contributed by atoms with Crippen LogP contribution in [0.4, 0.5) is 10.5 Å². The molecular weight excluding hydrogens is 218 g/mol. The van der Waals surface area contributed by atoms with Crippen molar-refractivity contribution in [2.45, 2.75) is 0 Å². The lowest BCUT2D eigenvalue weighted by Crippen LogP contribution is -2.23. The summed E-state index contributed by atoms with van der Waals surface area (Å²) in [7, 11) is 1.43. The van der Waals surface area contributed by atoms with Crippen molar-refractivity contribution in [1.82, 2.24) is 0 Å². The number of benzene rings is 1. The van der Waals surface area contributed by atoms with Gasteiger partial charge in [0, 0.05) is 12.7 Å². The van der Waals surface area contributed by atoms with E-state index in [2.05, 4.69) is 0 Å². The molecule has 84 valence electrons. The van der Waals surface area contributed by atoms with Crippen LogP contribution in [-0.4, -0.2) is 18.2 Å². The second kappa shape index (κ2) is 5.34. The lowest BCUT2D eigenvalue weighted by atomic mass is 10.1. The minimum atomic E-state index is -1.05. The monoisotopic (exact) mass is 227 g/mol. The van der Waals surface area contributed by atoms with Crippen molar-refractivity contribution in [2.24, 2.45) is 0 Å². The number of allylic oxidation sites excluding steroid dienone is 1. The van der Waals surface area contributed by atoms with Crippen molar-refractivity contribution in [3.05, 3.63) is 35.4 Å². The fourth-order valence-electron chi connectivity index (χ4n) is 1.16. The highest BCUT2D eigenvalue weighted by atomic mass is 16.4. The van der Waals surface area contributed by atoms with E-state index in [-0.39, 0.29) is 5.57 Å². The van der Waals surface area contributed by atoms with E-state index < -0.39 is 6.09 Å². The van der Waals surface area contributed by atoms with E-state index in [1.807, 2.05) is 0 Å². The Kier molecular flexibility index (Phi) is 3.86. The van der Waals surface area contributed by atoms with Gasteiger partial charge in [-0.05, 0) is 23.8 Å².